The fraction of sp³-hybridized carbons (Fsp3) is 0.500. The molecule has 0 unspecified atom stereocenters. The van der Waals surface area contributed by atoms with Crippen molar-refractivity contribution in [1.82, 2.24) is 19.7 Å². The lowest BCUT2D eigenvalue weighted by atomic mass is 9.97. The zero-order valence-electron chi connectivity index (χ0n) is 12.5. The maximum absolute atomic E-state index is 13.2. The molecule has 3 rings (SSSR count). The molecule has 0 bridgehead atoms. The molecular formula is C16H21FN4O. The van der Waals surface area contributed by atoms with Gasteiger partial charge in [0.25, 0.3) is 0 Å². The highest BCUT2D eigenvalue weighted by molar-refractivity contribution is 5.19. The van der Waals surface area contributed by atoms with E-state index in [-0.39, 0.29) is 5.82 Å². The van der Waals surface area contributed by atoms with Crippen molar-refractivity contribution < 1.29 is 9.50 Å². The van der Waals surface area contributed by atoms with Gasteiger partial charge >= 0.3 is 0 Å². The van der Waals surface area contributed by atoms with Gasteiger partial charge in [-0.2, -0.15) is 5.10 Å². The van der Waals surface area contributed by atoms with Gasteiger partial charge in [-0.25, -0.2) is 9.37 Å². The molecule has 6 heteroatoms. The summed E-state index contributed by atoms with van der Waals surface area (Å²) in [7, 11) is 0. The zero-order valence-corrected chi connectivity index (χ0v) is 12.5. The van der Waals surface area contributed by atoms with Crippen molar-refractivity contribution in [3.05, 3.63) is 48.3 Å². The van der Waals surface area contributed by atoms with Gasteiger partial charge in [-0.15, -0.1) is 0 Å². The van der Waals surface area contributed by atoms with Crippen molar-refractivity contribution in [2.75, 3.05) is 19.6 Å². The number of aromatic nitrogens is 3. The average molecular weight is 304 g/mol. The number of β-amino-alcohol motifs (C(OH)–C–C–N with tert-alkyl or cyclic N) is 1. The third-order valence-corrected chi connectivity index (χ3v) is 4.18. The van der Waals surface area contributed by atoms with E-state index in [9.17, 15) is 9.50 Å². The molecule has 2 aromatic rings. The van der Waals surface area contributed by atoms with Crippen molar-refractivity contribution >= 4 is 0 Å². The lowest BCUT2D eigenvalue weighted by Gasteiger charge is -2.33. The minimum absolute atomic E-state index is 0.306. The summed E-state index contributed by atoms with van der Waals surface area (Å²) in [4.78, 5) is 6.22. The van der Waals surface area contributed by atoms with Crippen LogP contribution in [0.4, 0.5) is 4.39 Å². The highest BCUT2D eigenvalue weighted by Gasteiger charge is 2.23. The molecule has 1 aliphatic heterocycles. The molecule has 5 nitrogen and oxygen atoms in total. The summed E-state index contributed by atoms with van der Waals surface area (Å²) in [5.74, 6) is 0.203. The molecule has 118 valence electrons. The molecule has 1 N–H and O–H groups in total. The minimum atomic E-state index is -0.652. The topological polar surface area (TPSA) is 54.2 Å². The SMILES string of the molecule is O[C@H](CN1CCC[C@@H](Cn2cncn2)C1)c1cccc(F)c1. The van der Waals surface area contributed by atoms with Crippen LogP contribution in [-0.2, 0) is 6.54 Å². The van der Waals surface area contributed by atoms with Gasteiger partial charge in [0.2, 0.25) is 0 Å². The van der Waals surface area contributed by atoms with E-state index in [2.05, 4.69) is 15.0 Å². The molecule has 1 aromatic carbocycles. The average Bonchev–Trinajstić information content (AvgIpc) is 3.00. The molecule has 0 radical (unpaired) electrons. The Morgan fingerprint density at radius 2 is 2.32 bits per heavy atom. The van der Waals surface area contributed by atoms with Crippen molar-refractivity contribution in [2.45, 2.75) is 25.5 Å². The maximum atomic E-state index is 13.2. The lowest BCUT2D eigenvalue weighted by molar-refractivity contribution is 0.0798. The molecule has 1 aromatic heterocycles. The summed E-state index contributed by atoms with van der Waals surface area (Å²) in [6.45, 7) is 3.29. The van der Waals surface area contributed by atoms with Crippen LogP contribution >= 0.6 is 0 Å². The number of nitrogens with zero attached hydrogens (tertiary/aromatic N) is 4. The molecule has 0 amide bonds. The molecule has 0 aliphatic carbocycles. The van der Waals surface area contributed by atoms with Crippen molar-refractivity contribution in [3.8, 4) is 0 Å². The Balaban J connectivity index is 1.55. The van der Waals surface area contributed by atoms with E-state index in [1.807, 2.05) is 4.68 Å². The Labute approximate surface area is 129 Å². The largest absolute Gasteiger partial charge is 0.387 e. The van der Waals surface area contributed by atoms with Gasteiger partial charge in [0.15, 0.2) is 0 Å². The molecule has 0 saturated carbocycles. The van der Waals surface area contributed by atoms with Crippen LogP contribution in [0, 0.1) is 11.7 Å². The van der Waals surface area contributed by atoms with E-state index in [0.717, 1.165) is 32.5 Å². The lowest BCUT2D eigenvalue weighted by Crippen LogP contribution is -2.39. The molecule has 1 fully saturated rings. The number of halogens is 1. The van der Waals surface area contributed by atoms with E-state index in [1.165, 1.54) is 12.1 Å². The third-order valence-electron chi connectivity index (χ3n) is 4.18. The quantitative estimate of drug-likeness (QED) is 0.916. The Bertz CT molecular complexity index is 590. The summed E-state index contributed by atoms with van der Waals surface area (Å²) in [6, 6.07) is 6.20. The van der Waals surface area contributed by atoms with Gasteiger partial charge in [-0.05, 0) is 43.0 Å². The van der Waals surface area contributed by atoms with E-state index in [0.29, 0.717) is 18.0 Å². The molecule has 2 heterocycles. The van der Waals surface area contributed by atoms with Crippen LogP contribution in [0.15, 0.2) is 36.9 Å². The second kappa shape index (κ2) is 6.98. The van der Waals surface area contributed by atoms with Crippen LogP contribution in [0.5, 0.6) is 0 Å². The first-order valence-corrected chi connectivity index (χ1v) is 7.69. The number of piperidine rings is 1. The van der Waals surface area contributed by atoms with E-state index in [4.69, 9.17) is 0 Å². The third kappa shape index (κ3) is 3.90. The van der Waals surface area contributed by atoms with Crippen molar-refractivity contribution in [3.63, 3.8) is 0 Å². The molecule has 1 saturated heterocycles. The first-order valence-electron chi connectivity index (χ1n) is 7.69. The fourth-order valence-corrected chi connectivity index (χ4v) is 3.12. The monoisotopic (exact) mass is 304 g/mol. The second-order valence-electron chi connectivity index (χ2n) is 5.96. The Morgan fingerprint density at radius 1 is 1.41 bits per heavy atom. The molecule has 22 heavy (non-hydrogen) atoms. The van der Waals surface area contributed by atoms with E-state index >= 15 is 0 Å². The highest BCUT2D eigenvalue weighted by Crippen LogP contribution is 2.21. The summed E-state index contributed by atoms with van der Waals surface area (Å²) in [5.41, 5.74) is 0.637. The van der Waals surface area contributed by atoms with E-state index in [1.54, 1.807) is 24.8 Å². The zero-order chi connectivity index (χ0) is 15.4. The van der Waals surface area contributed by atoms with Crippen LogP contribution in [0.25, 0.3) is 0 Å². The first-order chi connectivity index (χ1) is 10.7. The molecular weight excluding hydrogens is 283 g/mol. The van der Waals surface area contributed by atoms with Crippen LogP contribution in [0.3, 0.4) is 0 Å². The van der Waals surface area contributed by atoms with Crippen LogP contribution in [0.1, 0.15) is 24.5 Å². The number of aliphatic hydroxyl groups excluding tert-OH is 1. The molecule has 2 atom stereocenters. The summed E-state index contributed by atoms with van der Waals surface area (Å²) < 4.78 is 15.1. The number of hydrogen-bond donors (Lipinski definition) is 1. The summed E-state index contributed by atoms with van der Waals surface area (Å²) in [5, 5.41) is 14.5. The van der Waals surface area contributed by atoms with Gasteiger partial charge in [-0.3, -0.25) is 4.68 Å². The smallest absolute Gasteiger partial charge is 0.137 e. The summed E-state index contributed by atoms with van der Waals surface area (Å²) >= 11 is 0. The van der Waals surface area contributed by atoms with Crippen molar-refractivity contribution in [1.29, 1.82) is 0 Å². The van der Waals surface area contributed by atoms with Gasteiger partial charge in [-0.1, -0.05) is 12.1 Å². The highest BCUT2D eigenvalue weighted by atomic mass is 19.1. The van der Waals surface area contributed by atoms with Gasteiger partial charge in [0, 0.05) is 19.6 Å². The fourth-order valence-electron chi connectivity index (χ4n) is 3.12. The van der Waals surface area contributed by atoms with Gasteiger partial charge in [0.05, 0.1) is 6.10 Å². The second-order valence-corrected chi connectivity index (χ2v) is 5.96. The van der Waals surface area contributed by atoms with E-state index < -0.39 is 6.10 Å². The number of likely N-dealkylation sites (tertiary alicyclic amines) is 1. The number of benzene rings is 1. The van der Waals surface area contributed by atoms with Gasteiger partial charge in [0.1, 0.15) is 18.5 Å². The number of rotatable bonds is 5. The Hall–Kier alpha value is -1.79. The maximum Gasteiger partial charge on any atom is 0.137 e. The van der Waals surface area contributed by atoms with Crippen molar-refractivity contribution in [2.24, 2.45) is 5.92 Å². The normalized spacial score (nSPS) is 20.9. The molecule has 1 aliphatic rings. The Morgan fingerprint density at radius 3 is 3.09 bits per heavy atom. The summed E-state index contributed by atoms with van der Waals surface area (Å²) in [6.07, 6.45) is 4.90. The Kier molecular flexibility index (Phi) is 4.80. The standard InChI is InChI=1S/C16H21FN4O/c17-15-5-1-4-14(7-15)16(22)10-20-6-2-3-13(8-20)9-21-12-18-11-19-21/h1,4-5,7,11-13,16,22H,2-3,6,8-10H2/t13-,16-/m1/s1. The number of aliphatic hydroxyl groups is 1. The number of hydrogen-bond acceptors (Lipinski definition) is 4. The van der Waals surface area contributed by atoms with Crippen LogP contribution in [0.2, 0.25) is 0 Å². The van der Waals surface area contributed by atoms with Gasteiger partial charge < -0.3 is 10.0 Å². The van der Waals surface area contributed by atoms with Crippen LogP contribution < -0.4 is 0 Å². The predicted molar refractivity (Wildman–Crippen MR) is 80.5 cm³/mol. The molecule has 0 spiro atoms. The first kappa shape index (κ1) is 15.1. The minimum Gasteiger partial charge on any atom is -0.387 e. The van der Waals surface area contributed by atoms with Crippen LogP contribution in [-0.4, -0.2) is 44.4 Å². The predicted octanol–water partition coefficient (Wildman–Crippen LogP) is 1.86.